The van der Waals surface area contributed by atoms with Gasteiger partial charge in [-0.25, -0.2) is 14.2 Å². The van der Waals surface area contributed by atoms with Gasteiger partial charge in [0.25, 0.3) is 0 Å². The first-order valence-electron chi connectivity index (χ1n) is 8.92. The molecule has 6 nitrogen and oxygen atoms in total. The van der Waals surface area contributed by atoms with E-state index in [1.165, 1.54) is 41.4 Å². The second-order valence-corrected chi connectivity index (χ2v) is 7.08. The van der Waals surface area contributed by atoms with Gasteiger partial charge in [-0.05, 0) is 49.5 Å². The van der Waals surface area contributed by atoms with Crippen LogP contribution in [0.1, 0.15) is 18.4 Å². The number of benzene rings is 1. The fraction of sp³-hybridized carbons (Fsp3) is 0.474. The fourth-order valence-electron chi connectivity index (χ4n) is 4.10. The standard InChI is InChI=1S/C19H22FN3O3.2ClH/c20-16-3-1-15(2-4-16)19(12-24,23-10-7-21-13-23)18(25)26-17-11-22-8-5-14(17)6-9-22;;/h1-4,7,10,13-14,17,24H,5-6,8-9,11-12H2;2*1H. The fourth-order valence-corrected chi connectivity index (χ4v) is 4.10. The van der Waals surface area contributed by atoms with E-state index in [0.29, 0.717) is 11.5 Å². The summed E-state index contributed by atoms with van der Waals surface area (Å²) in [4.78, 5) is 19.6. The van der Waals surface area contributed by atoms with E-state index in [9.17, 15) is 14.3 Å². The van der Waals surface area contributed by atoms with Crippen molar-refractivity contribution in [1.29, 1.82) is 0 Å². The Morgan fingerprint density at radius 2 is 1.93 bits per heavy atom. The first kappa shape index (κ1) is 22.6. The Labute approximate surface area is 175 Å². The van der Waals surface area contributed by atoms with Gasteiger partial charge in [0.15, 0.2) is 5.54 Å². The summed E-state index contributed by atoms with van der Waals surface area (Å²) in [6.07, 6.45) is 6.47. The van der Waals surface area contributed by atoms with Gasteiger partial charge < -0.3 is 14.4 Å². The SMILES string of the molecule is Cl.Cl.O=C(OC1CN2CCC1CC2)C(CO)(c1ccc(F)cc1)n1ccnc1. The monoisotopic (exact) mass is 431 g/mol. The Morgan fingerprint density at radius 1 is 1.25 bits per heavy atom. The number of esters is 1. The molecule has 0 amide bonds. The van der Waals surface area contributed by atoms with E-state index in [2.05, 4.69) is 9.88 Å². The van der Waals surface area contributed by atoms with Crippen LogP contribution >= 0.6 is 24.8 Å². The molecule has 3 saturated heterocycles. The predicted octanol–water partition coefficient (Wildman–Crippen LogP) is 2.24. The number of fused-ring (bicyclic) bond motifs is 3. The lowest BCUT2D eigenvalue weighted by Gasteiger charge is -2.45. The van der Waals surface area contributed by atoms with Crippen molar-refractivity contribution in [2.75, 3.05) is 26.2 Å². The molecule has 3 fully saturated rings. The molecule has 0 radical (unpaired) electrons. The number of nitrogens with zero attached hydrogens (tertiary/aromatic N) is 3. The van der Waals surface area contributed by atoms with Crippen LogP contribution in [0.5, 0.6) is 0 Å². The summed E-state index contributed by atoms with van der Waals surface area (Å²) < 4.78 is 20.8. The Bertz CT molecular complexity index is 767. The normalized spacial score (nSPS) is 25.1. The third-order valence-corrected chi connectivity index (χ3v) is 5.69. The molecule has 1 aromatic heterocycles. The third-order valence-electron chi connectivity index (χ3n) is 5.69. The van der Waals surface area contributed by atoms with Gasteiger partial charge in [-0.1, -0.05) is 12.1 Å². The van der Waals surface area contributed by atoms with Gasteiger partial charge in [-0.2, -0.15) is 0 Å². The van der Waals surface area contributed by atoms with Crippen LogP contribution in [0, 0.1) is 11.7 Å². The lowest BCUT2D eigenvalue weighted by molar-refractivity contribution is -0.169. The van der Waals surface area contributed by atoms with Crippen LogP contribution in [0.2, 0.25) is 0 Å². The molecule has 0 spiro atoms. The van der Waals surface area contributed by atoms with E-state index in [1.807, 2.05) is 0 Å². The summed E-state index contributed by atoms with van der Waals surface area (Å²) in [7, 11) is 0. The highest BCUT2D eigenvalue weighted by molar-refractivity contribution is 5.85. The van der Waals surface area contributed by atoms with Gasteiger partial charge in [0.05, 0.1) is 12.9 Å². The molecule has 2 unspecified atom stereocenters. The van der Waals surface area contributed by atoms with E-state index in [0.717, 1.165) is 32.5 Å². The van der Waals surface area contributed by atoms with Crippen LogP contribution in [-0.4, -0.2) is 57.9 Å². The van der Waals surface area contributed by atoms with E-state index in [-0.39, 0.29) is 30.9 Å². The quantitative estimate of drug-likeness (QED) is 0.735. The Balaban J connectivity index is 0.00000140. The maximum absolute atomic E-state index is 13.4. The van der Waals surface area contributed by atoms with Crippen molar-refractivity contribution in [1.82, 2.24) is 14.5 Å². The summed E-state index contributed by atoms with van der Waals surface area (Å²) in [6.45, 7) is 2.31. The number of aromatic nitrogens is 2. The van der Waals surface area contributed by atoms with Crippen LogP contribution < -0.4 is 0 Å². The highest BCUT2D eigenvalue weighted by atomic mass is 35.5. The number of carbonyl (C=O) groups excluding carboxylic acids is 1. The number of halogens is 3. The van der Waals surface area contributed by atoms with Gasteiger partial charge in [-0.3, -0.25) is 4.90 Å². The Morgan fingerprint density at radius 3 is 2.43 bits per heavy atom. The van der Waals surface area contributed by atoms with Crippen molar-refractivity contribution in [3.63, 3.8) is 0 Å². The summed E-state index contributed by atoms with van der Waals surface area (Å²) in [6, 6.07) is 5.56. The maximum Gasteiger partial charge on any atom is 0.339 e. The van der Waals surface area contributed by atoms with E-state index < -0.39 is 23.9 Å². The summed E-state index contributed by atoms with van der Waals surface area (Å²) in [5.74, 6) is -0.586. The number of carbonyl (C=O) groups is 1. The lowest BCUT2D eigenvalue weighted by Crippen LogP contribution is -2.55. The molecule has 3 aliphatic heterocycles. The van der Waals surface area contributed by atoms with Gasteiger partial charge in [-0.15, -0.1) is 24.8 Å². The molecule has 28 heavy (non-hydrogen) atoms. The van der Waals surface area contributed by atoms with E-state index >= 15 is 0 Å². The number of imidazole rings is 1. The second kappa shape index (κ2) is 9.22. The molecule has 5 rings (SSSR count). The van der Waals surface area contributed by atoms with Crippen LogP contribution in [0.3, 0.4) is 0 Å². The Kier molecular flexibility index (Phi) is 7.45. The summed E-state index contributed by atoms with van der Waals surface area (Å²) in [5.41, 5.74) is -1.01. The highest BCUT2D eigenvalue weighted by Crippen LogP contribution is 2.33. The Hall–Kier alpha value is -1.67. The van der Waals surface area contributed by atoms with Crippen LogP contribution in [0.4, 0.5) is 4.39 Å². The molecule has 1 aromatic carbocycles. The first-order valence-corrected chi connectivity index (χ1v) is 8.92. The molecule has 9 heteroatoms. The van der Waals surface area contributed by atoms with Gasteiger partial charge in [0.2, 0.25) is 0 Å². The first-order chi connectivity index (χ1) is 12.6. The number of aliphatic hydroxyl groups excluding tert-OH is 1. The number of aliphatic hydroxyl groups is 1. The lowest BCUT2D eigenvalue weighted by atomic mass is 9.85. The van der Waals surface area contributed by atoms with Crippen molar-refractivity contribution >= 4 is 30.8 Å². The average molecular weight is 432 g/mol. The van der Waals surface area contributed by atoms with Crippen molar-refractivity contribution in [3.05, 3.63) is 54.4 Å². The van der Waals surface area contributed by atoms with Crippen molar-refractivity contribution < 1.29 is 19.0 Å². The largest absolute Gasteiger partial charge is 0.459 e. The van der Waals surface area contributed by atoms with Gasteiger partial charge in [0, 0.05) is 18.9 Å². The minimum atomic E-state index is -1.48. The summed E-state index contributed by atoms with van der Waals surface area (Å²) in [5, 5.41) is 10.2. The molecule has 154 valence electrons. The minimum absolute atomic E-state index is 0. The zero-order valence-corrected chi connectivity index (χ0v) is 16.9. The number of hydrogen-bond donors (Lipinski definition) is 1. The highest BCUT2D eigenvalue weighted by Gasteiger charge is 2.46. The number of ether oxygens (including phenoxy) is 1. The molecule has 4 heterocycles. The van der Waals surface area contributed by atoms with E-state index in [1.54, 1.807) is 6.20 Å². The molecular formula is C19H24Cl2FN3O3. The average Bonchev–Trinajstić information content (AvgIpc) is 3.20. The zero-order chi connectivity index (χ0) is 18.1. The zero-order valence-electron chi connectivity index (χ0n) is 15.2. The van der Waals surface area contributed by atoms with Gasteiger partial charge in [0.1, 0.15) is 11.9 Å². The molecule has 2 aromatic rings. The molecule has 0 saturated carbocycles. The van der Waals surface area contributed by atoms with E-state index in [4.69, 9.17) is 4.74 Å². The van der Waals surface area contributed by atoms with Crippen molar-refractivity contribution in [2.24, 2.45) is 5.92 Å². The number of rotatable bonds is 5. The number of piperidine rings is 3. The van der Waals surface area contributed by atoms with Gasteiger partial charge >= 0.3 is 5.97 Å². The third kappa shape index (κ3) is 3.89. The molecule has 0 aliphatic carbocycles. The smallest absolute Gasteiger partial charge is 0.339 e. The minimum Gasteiger partial charge on any atom is -0.459 e. The topological polar surface area (TPSA) is 67.6 Å². The summed E-state index contributed by atoms with van der Waals surface area (Å²) >= 11 is 0. The van der Waals surface area contributed by atoms with Crippen LogP contribution in [0.15, 0.2) is 43.0 Å². The van der Waals surface area contributed by atoms with Crippen LogP contribution in [0.25, 0.3) is 0 Å². The maximum atomic E-state index is 13.4. The molecule has 3 aliphatic rings. The second-order valence-electron chi connectivity index (χ2n) is 7.08. The molecule has 1 N–H and O–H groups in total. The van der Waals surface area contributed by atoms with Crippen molar-refractivity contribution in [3.8, 4) is 0 Å². The molecular weight excluding hydrogens is 408 g/mol. The predicted molar refractivity (Wildman–Crippen MR) is 106 cm³/mol. The molecule has 2 bridgehead atoms. The molecule has 2 atom stereocenters. The van der Waals surface area contributed by atoms with Crippen LogP contribution in [-0.2, 0) is 15.1 Å². The number of hydrogen-bond acceptors (Lipinski definition) is 5. The van der Waals surface area contributed by atoms with Crippen molar-refractivity contribution in [2.45, 2.75) is 24.5 Å².